The smallest absolute Gasteiger partial charge is 0.253 e. The minimum Gasteiger partial charge on any atom is -0.354 e. The summed E-state index contributed by atoms with van der Waals surface area (Å²) in [7, 11) is 0. The van der Waals surface area contributed by atoms with Crippen molar-refractivity contribution < 1.29 is 4.79 Å². The number of rotatable bonds is 8. The molecule has 0 radical (unpaired) electrons. The standard InChI is InChI=1S/C33H42N6O2/c1-7-10-39-20-23(5)31-27(32(40)35-19-28-22(4)15-24(6)36-33(28)41)16-26(17-29(31)39)25-8-9-30(34-18-25)38-13-11-37(12-14-38)21(2)3/h8-9,15-18,20-21H,7,10-14,19H2,1-6H3,(H,35,40)(H,36,41). The number of carbonyl (C=O) groups is 1. The maximum Gasteiger partial charge on any atom is 0.253 e. The molecular formula is C33H42N6O2. The Morgan fingerprint density at radius 2 is 1.78 bits per heavy atom. The molecule has 0 saturated carbocycles. The van der Waals surface area contributed by atoms with Crippen LogP contribution in [-0.4, -0.2) is 57.6 Å². The number of carbonyl (C=O) groups excluding carboxylic acids is 1. The van der Waals surface area contributed by atoms with Crippen LogP contribution >= 0.6 is 0 Å². The Hall–Kier alpha value is -3.91. The van der Waals surface area contributed by atoms with Gasteiger partial charge in [-0.2, -0.15) is 0 Å². The number of piperazine rings is 1. The summed E-state index contributed by atoms with van der Waals surface area (Å²) >= 11 is 0. The van der Waals surface area contributed by atoms with Crippen molar-refractivity contribution in [3.63, 3.8) is 0 Å². The molecule has 0 atom stereocenters. The van der Waals surface area contributed by atoms with Crippen LogP contribution in [0.2, 0.25) is 0 Å². The molecule has 3 aromatic heterocycles. The predicted octanol–water partition coefficient (Wildman–Crippen LogP) is 5.19. The molecule has 2 N–H and O–H groups in total. The number of benzene rings is 1. The largest absolute Gasteiger partial charge is 0.354 e. The molecular weight excluding hydrogens is 512 g/mol. The summed E-state index contributed by atoms with van der Waals surface area (Å²) in [6.45, 7) is 17.5. The van der Waals surface area contributed by atoms with Crippen molar-refractivity contribution in [3.8, 4) is 11.1 Å². The van der Waals surface area contributed by atoms with Gasteiger partial charge in [0.15, 0.2) is 0 Å². The van der Waals surface area contributed by atoms with Crippen molar-refractivity contribution in [3.05, 3.63) is 81.0 Å². The van der Waals surface area contributed by atoms with Crippen LogP contribution in [0.15, 0.2) is 47.5 Å². The first kappa shape index (κ1) is 28.6. The summed E-state index contributed by atoms with van der Waals surface area (Å²) in [5.74, 6) is 0.793. The molecule has 216 valence electrons. The molecule has 0 spiro atoms. The molecule has 0 unspecified atom stereocenters. The van der Waals surface area contributed by atoms with E-state index in [-0.39, 0.29) is 18.0 Å². The molecule has 41 heavy (non-hydrogen) atoms. The molecule has 5 rings (SSSR count). The fraction of sp³-hybridized carbons (Fsp3) is 0.424. The van der Waals surface area contributed by atoms with Crippen molar-refractivity contribution >= 4 is 22.6 Å². The summed E-state index contributed by atoms with van der Waals surface area (Å²) in [5, 5.41) is 3.97. The van der Waals surface area contributed by atoms with Gasteiger partial charge in [-0.1, -0.05) is 6.92 Å². The van der Waals surface area contributed by atoms with Crippen LogP contribution in [0.25, 0.3) is 22.0 Å². The van der Waals surface area contributed by atoms with Gasteiger partial charge in [-0.15, -0.1) is 0 Å². The number of anilines is 1. The Morgan fingerprint density at radius 3 is 2.41 bits per heavy atom. The van der Waals surface area contributed by atoms with Gasteiger partial charge < -0.3 is 19.8 Å². The summed E-state index contributed by atoms with van der Waals surface area (Å²) in [6, 6.07) is 10.8. The van der Waals surface area contributed by atoms with Gasteiger partial charge in [0.2, 0.25) is 0 Å². The summed E-state index contributed by atoms with van der Waals surface area (Å²) in [5.41, 5.74) is 6.71. The highest BCUT2D eigenvalue weighted by Gasteiger charge is 2.21. The molecule has 0 aliphatic carbocycles. The molecule has 4 heterocycles. The number of H-pyrrole nitrogens is 1. The first-order valence-corrected chi connectivity index (χ1v) is 14.7. The highest BCUT2D eigenvalue weighted by atomic mass is 16.1. The van der Waals surface area contributed by atoms with Crippen LogP contribution in [0.5, 0.6) is 0 Å². The Labute approximate surface area is 242 Å². The molecule has 0 bridgehead atoms. The molecule has 1 aromatic carbocycles. The van der Waals surface area contributed by atoms with E-state index in [2.05, 4.69) is 76.8 Å². The zero-order chi connectivity index (χ0) is 29.3. The molecule has 1 fully saturated rings. The lowest BCUT2D eigenvalue weighted by Crippen LogP contribution is -2.49. The van der Waals surface area contributed by atoms with Crippen molar-refractivity contribution in [2.75, 3.05) is 31.1 Å². The maximum absolute atomic E-state index is 13.7. The lowest BCUT2D eigenvalue weighted by Gasteiger charge is -2.37. The second-order valence-electron chi connectivity index (χ2n) is 11.6. The summed E-state index contributed by atoms with van der Waals surface area (Å²) < 4.78 is 2.23. The zero-order valence-electron chi connectivity index (χ0n) is 25.2. The fourth-order valence-electron chi connectivity index (χ4n) is 5.98. The van der Waals surface area contributed by atoms with Gasteiger partial charge in [-0.05, 0) is 88.1 Å². The number of aromatic amines is 1. The minimum atomic E-state index is -0.193. The number of nitrogens with zero attached hydrogens (tertiary/aromatic N) is 4. The van der Waals surface area contributed by atoms with Crippen molar-refractivity contribution in [2.45, 2.75) is 67.1 Å². The van der Waals surface area contributed by atoms with Crippen LogP contribution in [-0.2, 0) is 13.1 Å². The summed E-state index contributed by atoms with van der Waals surface area (Å²) in [4.78, 5) is 38.8. The molecule has 4 aromatic rings. The number of hydrogen-bond acceptors (Lipinski definition) is 5. The van der Waals surface area contributed by atoms with Gasteiger partial charge in [-0.3, -0.25) is 14.5 Å². The number of hydrogen-bond donors (Lipinski definition) is 2. The maximum atomic E-state index is 13.7. The van der Waals surface area contributed by atoms with E-state index in [1.54, 1.807) is 0 Å². The minimum absolute atomic E-state index is 0.163. The van der Waals surface area contributed by atoms with Crippen LogP contribution in [0.1, 0.15) is 59.9 Å². The van der Waals surface area contributed by atoms with E-state index in [1.807, 2.05) is 32.2 Å². The fourth-order valence-corrected chi connectivity index (χ4v) is 5.98. The van der Waals surface area contributed by atoms with Crippen molar-refractivity contribution in [2.24, 2.45) is 0 Å². The lowest BCUT2D eigenvalue weighted by atomic mass is 9.98. The number of amides is 1. The second kappa shape index (κ2) is 11.9. The number of aryl methyl sites for hydroxylation is 4. The topological polar surface area (TPSA) is 86.3 Å². The van der Waals surface area contributed by atoms with Crippen LogP contribution in [0.3, 0.4) is 0 Å². The first-order valence-electron chi connectivity index (χ1n) is 14.7. The third kappa shape index (κ3) is 5.93. The van der Waals surface area contributed by atoms with Gasteiger partial charge in [0.1, 0.15) is 5.82 Å². The van der Waals surface area contributed by atoms with E-state index < -0.39 is 0 Å². The Morgan fingerprint density at radius 1 is 1.02 bits per heavy atom. The third-order valence-corrected chi connectivity index (χ3v) is 8.25. The van der Waals surface area contributed by atoms with Gasteiger partial charge in [-0.25, -0.2) is 4.98 Å². The normalized spacial score (nSPS) is 14.3. The molecule has 1 aliphatic rings. The predicted molar refractivity (Wildman–Crippen MR) is 167 cm³/mol. The highest BCUT2D eigenvalue weighted by molar-refractivity contribution is 6.09. The number of pyridine rings is 2. The van der Waals surface area contributed by atoms with Gasteiger partial charge in [0.25, 0.3) is 11.5 Å². The van der Waals surface area contributed by atoms with Gasteiger partial charge >= 0.3 is 0 Å². The Balaban J connectivity index is 1.46. The Kier molecular flexibility index (Phi) is 8.31. The van der Waals surface area contributed by atoms with Gasteiger partial charge in [0, 0.05) is 91.0 Å². The van der Waals surface area contributed by atoms with Crippen LogP contribution in [0.4, 0.5) is 5.82 Å². The van der Waals surface area contributed by atoms with Gasteiger partial charge in [0.05, 0.1) is 0 Å². The highest BCUT2D eigenvalue weighted by Crippen LogP contribution is 2.32. The molecule has 8 heteroatoms. The lowest BCUT2D eigenvalue weighted by molar-refractivity contribution is 0.0952. The first-order chi connectivity index (χ1) is 19.7. The van der Waals surface area contributed by atoms with E-state index in [9.17, 15) is 9.59 Å². The average molecular weight is 555 g/mol. The monoisotopic (exact) mass is 554 g/mol. The second-order valence-corrected chi connectivity index (χ2v) is 11.6. The zero-order valence-corrected chi connectivity index (χ0v) is 25.2. The van der Waals surface area contributed by atoms with Crippen LogP contribution in [0, 0.1) is 20.8 Å². The van der Waals surface area contributed by atoms with E-state index in [1.165, 1.54) is 0 Å². The summed E-state index contributed by atoms with van der Waals surface area (Å²) in [6.07, 6.45) is 5.04. The van der Waals surface area contributed by atoms with E-state index in [0.717, 1.165) is 83.8 Å². The van der Waals surface area contributed by atoms with E-state index in [4.69, 9.17) is 4.98 Å². The Bertz CT molecular complexity index is 1610. The van der Waals surface area contributed by atoms with Crippen molar-refractivity contribution in [1.82, 2.24) is 24.8 Å². The van der Waals surface area contributed by atoms with E-state index in [0.29, 0.717) is 17.2 Å². The number of nitrogens with one attached hydrogen (secondary N) is 2. The van der Waals surface area contributed by atoms with Crippen LogP contribution < -0.4 is 15.8 Å². The molecule has 1 amide bonds. The number of fused-ring (bicyclic) bond motifs is 1. The SMILES string of the molecule is CCCn1cc(C)c2c(C(=O)NCc3c(C)cc(C)[nH]c3=O)cc(-c3ccc(N4CCN(C(C)C)CC4)nc3)cc21. The average Bonchev–Trinajstić information content (AvgIpc) is 3.27. The molecule has 8 nitrogen and oxygen atoms in total. The van der Waals surface area contributed by atoms with E-state index >= 15 is 0 Å². The number of aromatic nitrogens is 3. The molecule has 1 saturated heterocycles. The molecule has 1 aliphatic heterocycles. The van der Waals surface area contributed by atoms with Crippen molar-refractivity contribution in [1.29, 1.82) is 0 Å². The third-order valence-electron chi connectivity index (χ3n) is 8.25. The quantitative estimate of drug-likeness (QED) is 0.313.